The average molecular weight is 1270 g/mol. The molecule has 0 radical (unpaired) electrons. The maximum Gasteiger partial charge on any atom is 0.335 e. The molecule has 9 rings (SSSR count). The fraction of sp³-hybridized carbons (Fsp3) is 0.871. The van der Waals surface area contributed by atoms with Crippen LogP contribution < -0.4 is 0 Å². The molecule has 0 aromatic carbocycles. The molecule has 27 heteroatoms. The number of aliphatic carboxylic acids is 1. The smallest absolute Gasteiger partial charge is 0.335 e. The van der Waals surface area contributed by atoms with Crippen LogP contribution in [-0.2, 0) is 71.3 Å². The van der Waals surface area contributed by atoms with Crippen molar-refractivity contribution in [3.8, 4) is 0 Å². The molecule has 27 nitrogen and oxygen atoms in total. The van der Waals surface area contributed by atoms with Gasteiger partial charge in [-0.25, -0.2) is 9.59 Å². The van der Waals surface area contributed by atoms with Crippen LogP contribution >= 0.6 is 0 Å². The Balaban J connectivity index is 1.03. The molecule has 3 unspecified atom stereocenters. The number of aliphatic hydroxyl groups is 11. The predicted molar refractivity (Wildman–Crippen MR) is 302 cm³/mol. The Morgan fingerprint density at radius 2 is 1.18 bits per heavy atom. The molecule has 4 heterocycles. The van der Waals surface area contributed by atoms with Gasteiger partial charge in [-0.2, -0.15) is 0 Å². The van der Waals surface area contributed by atoms with E-state index in [1.54, 1.807) is 26.8 Å². The quantitative estimate of drug-likeness (QED) is 0.0312. The number of esters is 3. The summed E-state index contributed by atoms with van der Waals surface area (Å²) >= 11 is 0. The summed E-state index contributed by atoms with van der Waals surface area (Å²) in [5.74, 6) is -4.63. The number of carboxylic acids is 1. The van der Waals surface area contributed by atoms with Crippen molar-refractivity contribution in [2.75, 3.05) is 19.8 Å². The number of carbonyl (C=O) groups excluding carboxylic acids is 3. The Hall–Kier alpha value is -3.40. The molecule has 0 spiro atoms. The van der Waals surface area contributed by atoms with Crippen LogP contribution in [0.3, 0.4) is 0 Å². The summed E-state index contributed by atoms with van der Waals surface area (Å²) in [6.45, 7) is 19.5. The Labute approximate surface area is 517 Å². The highest BCUT2D eigenvalue weighted by atomic mass is 16.8. The molecule has 0 amide bonds. The first kappa shape index (κ1) is 69.9. The minimum Gasteiger partial charge on any atom is -0.479 e. The zero-order valence-electron chi connectivity index (χ0n) is 52.7. The van der Waals surface area contributed by atoms with Crippen LogP contribution in [0.25, 0.3) is 0 Å². The third-order valence-electron chi connectivity index (χ3n) is 22.9. The summed E-state index contributed by atoms with van der Waals surface area (Å²) in [6, 6.07) is 0. The standard InChI is InChI=1S/C62H96O27/c1-13-25(2)52(78)88-50-49(89-55-43(75)46(81-28(5)67)44(26(3)79-55)80-27(4)66)57(6,7)20-30-29-14-15-34-59(10)18-17-36(58(8,9)33(59)16-19-60(34,11)61(29,12)21-35(68)62(30,50)24-65)84-56-48(87-54-41(73)39(71)37(69)31(22-63)82-54)45(42(74)47(86-56)51(76)77)85-53-40(72)38(70)32(23-64)83-53/h13-14,26,30-50,53-56,63-65,68-75H,15-24H2,1-12H3,(H,76,77)/b25-13-/t26-,30?,31+,32-,33?,34?,35+,36-,37-,38-,39-,40+,41+,42-,43+,44-,45-,46-,47-,48+,49-,50-,53-,54-,55-,56+,59-,60+,61+,62-/m0/s1. The third-order valence-corrected chi connectivity index (χ3v) is 22.9. The summed E-state index contributed by atoms with van der Waals surface area (Å²) in [6.07, 6.45) is -30.1. The molecule has 4 saturated carbocycles. The molecule has 8 fully saturated rings. The highest BCUT2D eigenvalue weighted by Crippen LogP contribution is 2.76. The molecular formula is C62H96O27. The van der Waals surface area contributed by atoms with Gasteiger partial charge in [-0.05, 0) is 111 Å². The Kier molecular flexibility index (Phi) is 20.2. The fourth-order valence-corrected chi connectivity index (χ4v) is 17.8. The van der Waals surface area contributed by atoms with Gasteiger partial charge < -0.3 is 113 Å². The third kappa shape index (κ3) is 11.8. The molecule has 9 aliphatic rings. The van der Waals surface area contributed by atoms with Gasteiger partial charge in [0.15, 0.2) is 43.5 Å². The van der Waals surface area contributed by atoms with Crippen LogP contribution in [0.2, 0.25) is 0 Å². The van der Waals surface area contributed by atoms with Gasteiger partial charge >= 0.3 is 23.9 Å². The minimum atomic E-state index is -2.13. The topological polar surface area (TPSA) is 413 Å². The molecule has 4 aliphatic heterocycles. The summed E-state index contributed by atoms with van der Waals surface area (Å²) < 4.78 is 67.2. The maximum atomic E-state index is 14.2. The van der Waals surface area contributed by atoms with Gasteiger partial charge in [0.1, 0.15) is 79.4 Å². The van der Waals surface area contributed by atoms with Crippen molar-refractivity contribution in [1.29, 1.82) is 0 Å². The second-order valence-corrected chi connectivity index (χ2v) is 28.6. The van der Waals surface area contributed by atoms with E-state index >= 15 is 0 Å². The lowest BCUT2D eigenvalue weighted by molar-refractivity contribution is -0.386. The van der Waals surface area contributed by atoms with Gasteiger partial charge in [0.2, 0.25) is 0 Å². The molecule has 506 valence electrons. The summed E-state index contributed by atoms with van der Waals surface area (Å²) in [7, 11) is 0. The van der Waals surface area contributed by atoms with E-state index in [9.17, 15) is 80.5 Å². The van der Waals surface area contributed by atoms with E-state index in [0.29, 0.717) is 32.1 Å². The second-order valence-electron chi connectivity index (χ2n) is 28.6. The first-order chi connectivity index (χ1) is 41.5. The number of carbonyl (C=O) groups is 4. The van der Waals surface area contributed by atoms with E-state index in [1.807, 2.05) is 27.7 Å². The zero-order chi connectivity index (χ0) is 65.7. The zero-order valence-corrected chi connectivity index (χ0v) is 52.7. The Morgan fingerprint density at radius 3 is 1.75 bits per heavy atom. The molecule has 4 saturated heterocycles. The first-order valence-electron chi connectivity index (χ1n) is 31.2. The molecule has 0 bridgehead atoms. The van der Waals surface area contributed by atoms with Gasteiger partial charge in [-0.15, -0.1) is 0 Å². The van der Waals surface area contributed by atoms with Gasteiger partial charge in [0.05, 0.1) is 43.5 Å². The van der Waals surface area contributed by atoms with Crippen LogP contribution in [0.15, 0.2) is 23.3 Å². The van der Waals surface area contributed by atoms with Crippen LogP contribution in [0.1, 0.15) is 128 Å². The highest BCUT2D eigenvalue weighted by molar-refractivity contribution is 5.87. The number of hydrogen-bond donors (Lipinski definition) is 12. The summed E-state index contributed by atoms with van der Waals surface area (Å²) in [4.78, 5) is 51.8. The number of allylic oxidation sites excluding steroid dienone is 3. The van der Waals surface area contributed by atoms with Gasteiger partial charge in [0.25, 0.3) is 0 Å². The predicted octanol–water partition coefficient (Wildman–Crippen LogP) is -0.232. The number of ether oxygens (including phenoxy) is 11. The van der Waals surface area contributed by atoms with Gasteiger partial charge in [0, 0.05) is 19.4 Å². The molecular weight excluding hydrogens is 1180 g/mol. The van der Waals surface area contributed by atoms with Crippen molar-refractivity contribution in [2.24, 2.45) is 50.2 Å². The van der Waals surface area contributed by atoms with E-state index in [4.69, 9.17) is 52.1 Å². The number of carboxylic acid groups (broad SMARTS) is 1. The molecule has 89 heavy (non-hydrogen) atoms. The molecule has 0 aromatic rings. The normalized spacial score (nSPS) is 49.4. The van der Waals surface area contributed by atoms with Crippen molar-refractivity contribution in [1.82, 2.24) is 0 Å². The number of aliphatic hydroxyl groups excluding tert-OH is 11. The van der Waals surface area contributed by atoms with Crippen molar-refractivity contribution < 1.29 is 133 Å². The van der Waals surface area contributed by atoms with Crippen LogP contribution in [0.5, 0.6) is 0 Å². The van der Waals surface area contributed by atoms with E-state index in [1.165, 1.54) is 6.92 Å². The Bertz CT molecular complexity index is 2650. The minimum absolute atomic E-state index is 0.0449. The van der Waals surface area contributed by atoms with Crippen molar-refractivity contribution >= 4 is 23.9 Å². The summed E-state index contributed by atoms with van der Waals surface area (Å²) in [5, 5.41) is 134. The van der Waals surface area contributed by atoms with E-state index in [-0.39, 0.29) is 30.3 Å². The summed E-state index contributed by atoms with van der Waals surface area (Å²) in [5.41, 5.74) is -3.81. The highest BCUT2D eigenvalue weighted by Gasteiger charge is 2.74. The van der Waals surface area contributed by atoms with Crippen molar-refractivity contribution in [3.63, 3.8) is 0 Å². The van der Waals surface area contributed by atoms with Gasteiger partial charge in [-0.1, -0.05) is 66.2 Å². The number of hydrogen-bond acceptors (Lipinski definition) is 26. The number of fused-ring (bicyclic) bond motifs is 7. The fourth-order valence-electron chi connectivity index (χ4n) is 17.8. The average Bonchev–Trinajstić information content (AvgIpc) is 0.909. The van der Waals surface area contributed by atoms with E-state index < -0.39 is 223 Å². The maximum absolute atomic E-state index is 14.2. The lowest BCUT2D eigenvalue weighted by Crippen LogP contribution is -2.73. The Morgan fingerprint density at radius 1 is 0.607 bits per heavy atom. The second kappa shape index (κ2) is 25.7. The van der Waals surface area contributed by atoms with Crippen LogP contribution in [-0.4, -0.2) is 246 Å². The van der Waals surface area contributed by atoms with E-state index in [0.717, 1.165) is 12.5 Å². The SMILES string of the molecule is C/C=C(/C)C(=O)O[C@H]1[C@H](O[C@@H]2O[C@@H](C)[C@H](OC(C)=O)[C@@H](OC(C)=O)[C@H]2O)C(C)(C)CC2C3=CCC4[C@@]5(C)CC[C@H](O[C@@H]6O[C@H](C(=O)O)[C@@H](O)[C@H](O[C@@H]7O[C@@H](CO)[C@H](O)[C@H]7O)[C@H]6O[C@@H]6O[C@H](CO)[C@H](O)[C@H](O)[C@H]6O)C(C)(C)C5CC[C@@]4(C)[C@]3(C)C[C@@H](O)[C@]21CO. The monoisotopic (exact) mass is 1270 g/mol. The number of rotatable bonds is 16. The van der Waals surface area contributed by atoms with Crippen LogP contribution in [0.4, 0.5) is 0 Å². The lowest BCUT2D eigenvalue weighted by Gasteiger charge is -2.72. The molecule has 0 aromatic heterocycles. The van der Waals surface area contributed by atoms with Crippen molar-refractivity contribution in [3.05, 3.63) is 23.3 Å². The largest absolute Gasteiger partial charge is 0.479 e. The molecule has 30 atom stereocenters. The van der Waals surface area contributed by atoms with Gasteiger partial charge in [-0.3, -0.25) is 9.59 Å². The molecule has 12 N–H and O–H groups in total. The van der Waals surface area contributed by atoms with Crippen LogP contribution in [0, 0.1) is 50.2 Å². The molecule has 5 aliphatic carbocycles. The first-order valence-corrected chi connectivity index (χ1v) is 31.2. The van der Waals surface area contributed by atoms with E-state index in [2.05, 4.69) is 26.8 Å². The lowest BCUT2D eigenvalue weighted by atomic mass is 9.33. The van der Waals surface area contributed by atoms with Crippen molar-refractivity contribution in [2.45, 2.75) is 269 Å².